The van der Waals surface area contributed by atoms with E-state index in [9.17, 15) is 4.39 Å². The minimum absolute atomic E-state index is 0.196. The largest absolute Gasteiger partial charge is 0.489 e. The Hall–Kier alpha value is -1.58. The van der Waals surface area contributed by atoms with Crippen molar-refractivity contribution in [2.24, 2.45) is 5.73 Å². The summed E-state index contributed by atoms with van der Waals surface area (Å²) in [6, 6.07) is 13.1. The first kappa shape index (κ1) is 12.9. The molecule has 0 radical (unpaired) electrons. The van der Waals surface area contributed by atoms with Gasteiger partial charge in [0.1, 0.15) is 6.61 Å². The molecule has 2 aromatic carbocycles. The summed E-state index contributed by atoms with van der Waals surface area (Å²) < 4.78 is 18.7. The van der Waals surface area contributed by atoms with Gasteiger partial charge < -0.3 is 10.5 Å². The fraction of sp³-hybridized carbons (Fsp3) is 0.143. The number of hydrogen-bond acceptors (Lipinski definition) is 2. The van der Waals surface area contributed by atoms with Crippen LogP contribution in [0.3, 0.4) is 0 Å². The zero-order valence-electron chi connectivity index (χ0n) is 9.64. The van der Waals surface area contributed by atoms with Gasteiger partial charge >= 0.3 is 0 Å². The second kappa shape index (κ2) is 5.85. The average Bonchev–Trinajstić information content (AvgIpc) is 2.37. The van der Waals surface area contributed by atoms with Crippen LogP contribution < -0.4 is 10.5 Å². The van der Waals surface area contributed by atoms with Crippen LogP contribution in [0.2, 0.25) is 5.02 Å². The third kappa shape index (κ3) is 3.22. The van der Waals surface area contributed by atoms with Gasteiger partial charge in [-0.25, -0.2) is 4.39 Å². The van der Waals surface area contributed by atoms with Gasteiger partial charge in [-0.2, -0.15) is 0 Å². The van der Waals surface area contributed by atoms with Gasteiger partial charge in [-0.1, -0.05) is 35.9 Å². The van der Waals surface area contributed by atoms with E-state index in [-0.39, 0.29) is 18.4 Å². The number of halogens is 2. The van der Waals surface area contributed by atoms with Gasteiger partial charge in [-0.05, 0) is 29.8 Å². The summed E-state index contributed by atoms with van der Waals surface area (Å²) >= 11 is 5.87. The van der Waals surface area contributed by atoms with Crippen molar-refractivity contribution in [2.45, 2.75) is 6.04 Å². The van der Waals surface area contributed by atoms with Crippen LogP contribution in [-0.2, 0) is 0 Å². The van der Waals surface area contributed by atoms with Gasteiger partial charge in [0, 0.05) is 5.02 Å². The fourth-order valence-corrected chi connectivity index (χ4v) is 1.77. The van der Waals surface area contributed by atoms with Gasteiger partial charge in [0.15, 0.2) is 11.6 Å². The first-order chi connectivity index (χ1) is 8.66. The molecule has 1 atom stereocenters. The fourth-order valence-electron chi connectivity index (χ4n) is 1.57. The average molecular weight is 266 g/mol. The Morgan fingerprint density at radius 3 is 2.67 bits per heavy atom. The summed E-state index contributed by atoms with van der Waals surface area (Å²) in [7, 11) is 0. The summed E-state index contributed by atoms with van der Waals surface area (Å²) in [5.74, 6) is -0.189. The molecular weight excluding hydrogens is 253 g/mol. The number of nitrogens with two attached hydrogens (primary N) is 1. The molecule has 0 aliphatic rings. The summed E-state index contributed by atoms with van der Waals surface area (Å²) in [5, 5.41) is 0.619. The van der Waals surface area contributed by atoms with E-state index >= 15 is 0 Å². The van der Waals surface area contributed by atoms with Gasteiger partial charge in [0.25, 0.3) is 0 Å². The van der Waals surface area contributed by atoms with Crippen LogP contribution in [0.4, 0.5) is 4.39 Å². The highest BCUT2D eigenvalue weighted by Gasteiger charge is 2.09. The molecule has 2 N–H and O–H groups in total. The van der Waals surface area contributed by atoms with Gasteiger partial charge in [-0.15, -0.1) is 0 Å². The molecule has 0 amide bonds. The smallest absolute Gasteiger partial charge is 0.165 e. The highest BCUT2D eigenvalue weighted by Crippen LogP contribution is 2.19. The molecule has 2 rings (SSSR count). The Labute approximate surface area is 110 Å². The SMILES string of the molecule is NC(COc1ccccc1F)c1cccc(Cl)c1. The minimum atomic E-state index is -0.393. The zero-order chi connectivity index (χ0) is 13.0. The molecule has 0 aliphatic carbocycles. The highest BCUT2D eigenvalue weighted by atomic mass is 35.5. The second-order valence-corrected chi connectivity index (χ2v) is 4.34. The van der Waals surface area contributed by atoms with Crippen LogP contribution >= 0.6 is 11.6 Å². The molecule has 0 saturated heterocycles. The van der Waals surface area contributed by atoms with Gasteiger partial charge in [-0.3, -0.25) is 0 Å². The Morgan fingerprint density at radius 1 is 1.17 bits per heavy atom. The van der Waals surface area contributed by atoms with Crippen molar-refractivity contribution in [1.82, 2.24) is 0 Å². The first-order valence-corrected chi connectivity index (χ1v) is 5.93. The van der Waals surface area contributed by atoms with Crippen LogP contribution in [0.25, 0.3) is 0 Å². The molecule has 2 nitrogen and oxygen atoms in total. The zero-order valence-corrected chi connectivity index (χ0v) is 10.4. The van der Waals surface area contributed by atoms with E-state index in [0.29, 0.717) is 5.02 Å². The monoisotopic (exact) mass is 265 g/mol. The lowest BCUT2D eigenvalue weighted by Crippen LogP contribution is -2.19. The van der Waals surface area contributed by atoms with Crippen LogP contribution in [0.1, 0.15) is 11.6 Å². The second-order valence-electron chi connectivity index (χ2n) is 3.90. The molecule has 0 spiro atoms. The number of hydrogen-bond donors (Lipinski definition) is 1. The molecule has 1 unspecified atom stereocenters. The minimum Gasteiger partial charge on any atom is -0.489 e. The number of ether oxygens (including phenoxy) is 1. The van der Waals surface area contributed by atoms with Crippen LogP contribution in [0, 0.1) is 5.82 Å². The highest BCUT2D eigenvalue weighted by molar-refractivity contribution is 6.30. The van der Waals surface area contributed by atoms with E-state index in [4.69, 9.17) is 22.1 Å². The Morgan fingerprint density at radius 2 is 1.94 bits per heavy atom. The maximum Gasteiger partial charge on any atom is 0.165 e. The molecule has 94 valence electrons. The first-order valence-electron chi connectivity index (χ1n) is 5.55. The van der Waals surface area contributed by atoms with E-state index < -0.39 is 5.82 Å². The summed E-state index contributed by atoms with van der Waals surface area (Å²) in [6.45, 7) is 0.196. The molecule has 0 aliphatic heterocycles. The predicted molar refractivity (Wildman–Crippen MR) is 70.3 cm³/mol. The molecule has 4 heteroatoms. The maximum atomic E-state index is 13.3. The number of benzene rings is 2. The Kier molecular flexibility index (Phi) is 4.18. The third-order valence-electron chi connectivity index (χ3n) is 2.53. The van der Waals surface area contributed by atoms with E-state index in [0.717, 1.165) is 5.56 Å². The molecule has 0 bridgehead atoms. The summed E-state index contributed by atoms with van der Waals surface area (Å²) in [4.78, 5) is 0. The van der Waals surface area contributed by atoms with Crippen molar-refractivity contribution in [3.8, 4) is 5.75 Å². The third-order valence-corrected chi connectivity index (χ3v) is 2.77. The normalized spacial score (nSPS) is 12.2. The van der Waals surface area contributed by atoms with Crippen LogP contribution in [0.5, 0.6) is 5.75 Å². The van der Waals surface area contributed by atoms with Crippen molar-refractivity contribution in [1.29, 1.82) is 0 Å². The van der Waals surface area contributed by atoms with Crippen molar-refractivity contribution < 1.29 is 9.13 Å². The van der Waals surface area contributed by atoms with E-state index in [1.54, 1.807) is 30.3 Å². The summed E-state index contributed by atoms with van der Waals surface area (Å²) in [5.41, 5.74) is 6.82. The van der Waals surface area contributed by atoms with Crippen molar-refractivity contribution in [3.63, 3.8) is 0 Å². The van der Waals surface area contributed by atoms with E-state index in [1.165, 1.54) is 6.07 Å². The molecule has 0 saturated carbocycles. The summed E-state index contributed by atoms with van der Waals surface area (Å²) in [6.07, 6.45) is 0. The van der Waals surface area contributed by atoms with E-state index in [2.05, 4.69) is 0 Å². The molecule has 0 heterocycles. The Bertz CT molecular complexity index is 533. The molecule has 0 fully saturated rings. The standard InChI is InChI=1S/C14H13ClFNO/c15-11-5-3-4-10(8-11)13(17)9-18-14-7-2-1-6-12(14)16/h1-8,13H,9,17H2. The Balaban J connectivity index is 2.00. The number of para-hydroxylation sites is 1. The van der Waals surface area contributed by atoms with Gasteiger partial charge in [0.05, 0.1) is 6.04 Å². The van der Waals surface area contributed by atoms with Crippen LogP contribution in [0.15, 0.2) is 48.5 Å². The molecule has 0 aromatic heterocycles. The molecule has 2 aromatic rings. The van der Waals surface area contributed by atoms with Crippen molar-refractivity contribution in [2.75, 3.05) is 6.61 Å². The molecule has 18 heavy (non-hydrogen) atoms. The molecular formula is C14H13ClFNO. The maximum absolute atomic E-state index is 13.3. The lowest BCUT2D eigenvalue weighted by atomic mass is 10.1. The quantitative estimate of drug-likeness (QED) is 0.917. The van der Waals surface area contributed by atoms with Crippen molar-refractivity contribution in [3.05, 3.63) is 64.9 Å². The van der Waals surface area contributed by atoms with E-state index in [1.807, 2.05) is 12.1 Å². The lowest BCUT2D eigenvalue weighted by Gasteiger charge is -2.14. The predicted octanol–water partition coefficient (Wildman–Crippen LogP) is 3.56. The van der Waals surface area contributed by atoms with Crippen molar-refractivity contribution >= 4 is 11.6 Å². The topological polar surface area (TPSA) is 35.2 Å². The van der Waals surface area contributed by atoms with Gasteiger partial charge in [0.2, 0.25) is 0 Å². The lowest BCUT2D eigenvalue weighted by molar-refractivity contribution is 0.277. The number of rotatable bonds is 4. The van der Waals surface area contributed by atoms with Crippen LogP contribution in [-0.4, -0.2) is 6.61 Å².